The van der Waals surface area contributed by atoms with Gasteiger partial charge in [0, 0.05) is 44.9 Å². The molecule has 0 saturated carbocycles. The van der Waals surface area contributed by atoms with Crippen molar-refractivity contribution < 1.29 is 4.92 Å². The molecule has 2 aromatic rings. The van der Waals surface area contributed by atoms with Gasteiger partial charge in [-0.1, -0.05) is 41.4 Å². The summed E-state index contributed by atoms with van der Waals surface area (Å²) in [5.41, 5.74) is 4.03. The monoisotopic (exact) mass is 374 g/mol. The smallest absolute Gasteiger partial charge is 0.269 e. The predicted molar refractivity (Wildman–Crippen MR) is 101 cm³/mol. The number of nitrogens with one attached hydrogen (secondary N) is 1. The van der Waals surface area contributed by atoms with Gasteiger partial charge < -0.3 is 5.32 Å². The van der Waals surface area contributed by atoms with Crippen LogP contribution in [-0.4, -0.2) is 4.92 Å². The number of anilines is 1. The lowest BCUT2D eigenvalue weighted by atomic mass is 9.76. The maximum absolute atomic E-state index is 11.2. The third-order valence-electron chi connectivity index (χ3n) is 5.20. The molecule has 0 spiro atoms. The molecule has 25 heavy (non-hydrogen) atoms. The Morgan fingerprint density at radius 1 is 1.20 bits per heavy atom. The number of hydrogen-bond donors (Lipinski definition) is 1. The van der Waals surface area contributed by atoms with E-state index in [2.05, 4.69) is 17.5 Å². The van der Waals surface area contributed by atoms with Gasteiger partial charge in [0.25, 0.3) is 5.69 Å². The van der Waals surface area contributed by atoms with Crippen LogP contribution in [0.25, 0.3) is 0 Å². The predicted octanol–water partition coefficient (Wildman–Crippen LogP) is 6.04. The number of nitro benzene ring substituents is 1. The van der Waals surface area contributed by atoms with E-state index in [-0.39, 0.29) is 28.5 Å². The Bertz CT molecular complexity index is 911. The average Bonchev–Trinajstić information content (AvgIpc) is 3.07. The van der Waals surface area contributed by atoms with E-state index in [4.69, 9.17) is 23.2 Å². The van der Waals surface area contributed by atoms with Crippen molar-refractivity contribution in [1.82, 2.24) is 0 Å². The molecule has 2 aromatic carbocycles. The van der Waals surface area contributed by atoms with Gasteiger partial charge in [0.1, 0.15) is 0 Å². The summed E-state index contributed by atoms with van der Waals surface area (Å²) >= 11 is 12.9. The highest BCUT2D eigenvalue weighted by Crippen LogP contribution is 2.53. The lowest BCUT2D eigenvalue weighted by Gasteiger charge is -2.39. The van der Waals surface area contributed by atoms with Crippen LogP contribution in [0.3, 0.4) is 0 Å². The molecule has 6 heteroatoms. The second-order valence-electron chi connectivity index (χ2n) is 6.59. The Balaban J connectivity index is 1.87. The minimum atomic E-state index is -0.386. The van der Waals surface area contributed by atoms with Crippen LogP contribution in [-0.2, 0) is 0 Å². The molecule has 0 amide bonds. The molecule has 3 unspecified atom stereocenters. The quantitative estimate of drug-likeness (QED) is 0.396. The van der Waals surface area contributed by atoms with Crippen molar-refractivity contribution in [3.05, 3.63) is 79.3 Å². The van der Waals surface area contributed by atoms with E-state index in [0.29, 0.717) is 5.02 Å². The molecule has 1 N–H and O–H groups in total. The molecular formula is C19H16Cl2N2O2. The van der Waals surface area contributed by atoms with E-state index in [0.717, 1.165) is 33.8 Å². The molecule has 0 aromatic heterocycles. The van der Waals surface area contributed by atoms with Crippen molar-refractivity contribution >= 4 is 34.6 Å². The fourth-order valence-corrected chi connectivity index (χ4v) is 4.52. The van der Waals surface area contributed by atoms with Gasteiger partial charge in [-0.25, -0.2) is 0 Å². The Morgan fingerprint density at radius 2 is 1.96 bits per heavy atom. The van der Waals surface area contributed by atoms with Crippen molar-refractivity contribution in [3.63, 3.8) is 0 Å². The molecule has 4 nitrogen and oxygen atoms in total. The number of rotatable bonds is 2. The first kappa shape index (κ1) is 16.4. The van der Waals surface area contributed by atoms with Gasteiger partial charge in [-0.05, 0) is 37.0 Å². The van der Waals surface area contributed by atoms with Crippen molar-refractivity contribution in [2.24, 2.45) is 5.92 Å². The van der Waals surface area contributed by atoms with E-state index in [1.54, 1.807) is 12.1 Å². The Labute approximate surface area is 155 Å². The molecule has 2 aliphatic rings. The van der Waals surface area contributed by atoms with E-state index >= 15 is 0 Å². The summed E-state index contributed by atoms with van der Waals surface area (Å²) in [6, 6.07) is 8.45. The number of aryl methyl sites for hydroxylation is 1. The van der Waals surface area contributed by atoms with E-state index < -0.39 is 0 Å². The summed E-state index contributed by atoms with van der Waals surface area (Å²) in [6.07, 6.45) is 5.22. The zero-order valence-electron chi connectivity index (χ0n) is 13.5. The second-order valence-corrected chi connectivity index (χ2v) is 7.41. The number of halogens is 2. The summed E-state index contributed by atoms with van der Waals surface area (Å²) < 4.78 is 0. The first-order valence-electron chi connectivity index (χ1n) is 8.13. The zero-order valence-corrected chi connectivity index (χ0v) is 15.0. The van der Waals surface area contributed by atoms with Gasteiger partial charge in [0.2, 0.25) is 0 Å². The third kappa shape index (κ3) is 2.60. The van der Waals surface area contributed by atoms with E-state index in [1.165, 1.54) is 6.07 Å². The number of fused-ring (bicyclic) bond motifs is 3. The molecular weight excluding hydrogens is 359 g/mol. The fraction of sp³-hybridized carbons (Fsp3) is 0.263. The lowest BCUT2D eigenvalue weighted by molar-refractivity contribution is -0.384. The summed E-state index contributed by atoms with van der Waals surface area (Å²) in [7, 11) is 0. The Hall–Kier alpha value is -2.04. The van der Waals surface area contributed by atoms with Crippen molar-refractivity contribution in [2.45, 2.75) is 25.3 Å². The minimum absolute atomic E-state index is 0.0531. The molecule has 4 rings (SSSR count). The largest absolute Gasteiger partial charge is 0.377 e. The topological polar surface area (TPSA) is 55.2 Å². The highest BCUT2D eigenvalue weighted by molar-refractivity contribution is 6.32. The molecule has 0 radical (unpaired) electrons. The first-order valence-corrected chi connectivity index (χ1v) is 8.89. The summed E-state index contributed by atoms with van der Waals surface area (Å²) in [4.78, 5) is 10.8. The summed E-state index contributed by atoms with van der Waals surface area (Å²) in [5, 5.41) is 16.0. The van der Waals surface area contributed by atoms with Crippen LogP contribution in [0.5, 0.6) is 0 Å². The summed E-state index contributed by atoms with van der Waals surface area (Å²) in [5.74, 6) is 0.412. The number of nitro groups is 1. The Morgan fingerprint density at radius 3 is 2.72 bits per heavy atom. The van der Waals surface area contributed by atoms with Gasteiger partial charge in [-0.2, -0.15) is 0 Å². The normalized spacial score (nSPS) is 23.7. The van der Waals surface area contributed by atoms with Crippen LogP contribution >= 0.6 is 23.2 Å². The molecule has 1 aliphatic heterocycles. The minimum Gasteiger partial charge on any atom is -0.377 e. The van der Waals surface area contributed by atoms with Crippen LogP contribution in [0.15, 0.2) is 42.5 Å². The maximum atomic E-state index is 11.2. The van der Waals surface area contributed by atoms with Crippen molar-refractivity contribution in [1.29, 1.82) is 0 Å². The van der Waals surface area contributed by atoms with Crippen LogP contribution in [0, 0.1) is 23.0 Å². The van der Waals surface area contributed by atoms with Gasteiger partial charge in [0.05, 0.1) is 11.0 Å². The van der Waals surface area contributed by atoms with Gasteiger partial charge in [-0.3, -0.25) is 10.1 Å². The van der Waals surface area contributed by atoms with Crippen molar-refractivity contribution in [3.8, 4) is 0 Å². The van der Waals surface area contributed by atoms with Crippen LogP contribution in [0.1, 0.15) is 35.1 Å². The maximum Gasteiger partial charge on any atom is 0.269 e. The molecule has 1 heterocycles. The van der Waals surface area contributed by atoms with Crippen LogP contribution in [0.2, 0.25) is 10.0 Å². The number of nitrogens with zero attached hydrogens (tertiary/aromatic N) is 1. The van der Waals surface area contributed by atoms with Crippen LogP contribution in [0.4, 0.5) is 11.4 Å². The standard InChI is InChI=1S/C19H16Cl2N2O2/c1-10-5-7-16(21)17-12-3-2-4-13(12)19(22-18(10)17)14-9-11(23(24)25)6-8-15(14)20/h2-3,5-9,12-13,19,22H,4H2,1H3. The zero-order chi connectivity index (χ0) is 17.7. The average molecular weight is 375 g/mol. The van der Waals surface area contributed by atoms with Gasteiger partial charge in [0.15, 0.2) is 0 Å². The van der Waals surface area contributed by atoms with Crippen LogP contribution < -0.4 is 5.32 Å². The highest BCUT2D eigenvalue weighted by atomic mass is 35.5. The molecule has 0 bridgehead atoms. The third-order valence-corrected chi connectivity index (χ3v) is 5.87. The summed E-state index contributed by atoms with van der Waals surface area (Å²) in [6.45, 7) is 2.03. The van der Waals surface area contributed by atoms with E-state index in [9.17, 15) is 10.1 Å². The molecule has 3 atom stereocenters. The molecule has 1 aliphatic carbocycles. The number of benzene rings is 2. The van der Waals surface area contributed by atoms with Crippen molar-refractivity contribution in [2.75, 3.05) is 5.32 Å². The van der Waals surface area contributed by atoms with Gasteiger partial charge >= 0.3 is 0 Å². The molecule has 0 fully saturated rings. The first-order chi connectivity index (χ1) is 12.0. The molecule has 128 valence electrons. The lowest BCUT2D eigenvalue weighted by Crippen LogP contribution is -2.30. The second kappa shape index (κ2) is 6.04. The SMILES string of the molecule is Cc1ccc(Cl)c2c1NC(c1cc([N+](=O)[O-])ccc1Cl)C1CC=CC21. The van der Waals surface area contributed by atoms with Gasteiger partial charge in [-0.15, -0.1) is 0 Å². The fourth-order valence-electron chi connectivity index (χ4n) is 4.00. The number of allylic oxidation sites excluding steroid dienone is 2. The number of non-ortho nitro benzene ring substituents is 1. The number of hydrogen-bond acceptors (Lipinski definition) is 3. The Kier molecular flexibility index (Phi) is 3.97. The highest BCUT2D eigenvalue weighted by Gasteiger charge is 2.40. The molecule has 0 saturated heterocycles. The van der Waals surface area contributed by atoms with E-state index in [1.807, 2.05) is 19.1 Å².